The van der Waals surface area contributed by atoms with Crippen molar-refractivity contribution in [3.63, 3.8) is 0 Å². The van der Waals surface area contributed by atoms with Crippen molar-refractivity contribution in [3.05, 3.63) is 42.1 Å². The number of benzene rings is 1. The van der Waals surface area contributed by atoms with Crippen molar-refractivity contribution in [1.82, 2.24) is 30.4 Å². The SMILES string of the molecule is C=C[C@@H]1C[C@]1(NC(=O)[C@@H]1C[C@@H](Oc2cc(-c3coc(NC(C)C)n3)nc3c(Cl)c(OCCN4CCOCC4)ccc23)CN1C(=O)[C@@H](NC(=O)OC1C[C@@H]2C[C@@H]2C1)C(C)(C)C)C(=O)O. The molecule has 0 spiro atoms. The summed E-state index contributed by atoms with van der Waals surface area (Å²) in [7, 11) is 0. The van der Waals surface area contributed by atoms with E-state index in [1.807, 2.05) is 34.6 Å². The highest BCUT2D eigenvalue weighted by molar-refractivity contribution is 6.36. The normalized spacial score (nSPS) is 27.1. The molecule has 340 valence electrons. The highest BCUT2D eigenvalue weighted by atomic mass is 35.5. The van der Waals surface area contributed by atoms with Crippen molar-refractivity contribution in [1.29, 1.82) is 0 Å². The van der Waals surface area contributed by atoms with Gasteiger partial charge in [0.1, 0.15) is 64.9 Å². The van der Waals surface area contributed by atoms with E-state index in [2.05, 4.69) is 32.4 Å². The molecule has 0 bridgehead atoms. The molecule has 3 aliphatic carbocycles. The van der Waals surface area contributed by atoms with Crippen LogP contribution >= 0.6 is 11.6 Å². The quantitative estimate of drug-likeness (QED) is 0.131. The van der Waals surface area contributed by atoms with Gasteiger partial charge >= 0.3 is 12.1 Å². The van der Waals surface area contributed by atoms with Crippen molar-refractivity contribution in [2.24, 2.45) is 23.2 Å². The predicted molar refractivity (Wildman–Crippen MR) is 233 cm³/mol. The maximum Gasteiger partial charge on any atom is 0.408 e. The van der Waals surface area contributed by atoms with Gasteiger partial charge in [0.2, 0.25) is 11.8 Å². The molecule has 2 aromatic heterocycles. The number of hydrogen-bond acceptors (Lipinski definition) is 13. The Morgan fingerprint density at radius 1 is 1.05 bits per heavy atom. The number of likely N-dealkylation sites (tertiary alicyclic amines) is 1. The van der Waals surface area contributed by atoms with Gasteiger partial charge in [-0.05, 0) is 68.9 Å². The van der Waals surface area contributed by atoms with Crippen molar-refractivity contribution in [3.8, 4) is 22.9 Å². The monoisotopic (exact) mass is 891 g/mol. The van der Waals surface area contributed by atoms with Crippen molar-refractivity contribution >= 4 is 52.4 Å². The van der Waals surface area contributed by atoms with Crippen LogP contribution in [-0.2, 0) is 23.9 Å². The Morgan fingerprint density at radius 3 is 2.46 bits per heavy atom. The third-order valence-electron chi connectivity index (χ3n) is 12.8. The summed E-state index contributed by atoms with van der Waals surface area (Å²) >= 11 is 7.07. The number of carboxylic acid groups (broad SMARTS) is 1. The van der Waals surface area contributed by atoms with Crippen LogP contribution in [0.5, 0.6) is 11.5 Å². The number of morpholine rings is 1. The summed E-state index contributed by atoms with van der Waals surface area (Å²) in [5, 5.41) is 19.7. The van der Waals surface area contributed by atoms with Gasteiger partial charge in [-0.2, -0.15) is 4.98 Å². The number of nitrogens with zero attached hydrogens (tertiary/aromatic N) is 4. The number of aromatic nitrogens is 2. The van der Waals surface area contributed by atoms with Gasteiger partial charge in [-0.1, -0.05) is 38.4 Å². The molecule has 5 aliphatic rings. The van der Waals surface area contributed by atoms with Gasteiger partial charge in [-0.15, -0.1) is 6.58 Å². The van der Waals surface area contributed by atoms with Crippen LogP contribution in [0.2, 0.25) is 5.02 Å². The lowest BCUT2D eigenvalue weighted by Gasteiger charge is -2.35. The molecule has 3 amide bonds. The van der Waals surface area contributed by atoms with E-state index in [-0.39, 0.29) is 36.6 Å². The molecule has 4 heterocycles. The zero-order valence-corrected chi connectivity index (χ0v) is 37.2. The van der Waals surface area contributed by atoms with E-state index in [1.54, 1.807) is 18.2 Å². The molecule has 2 saturated heterocycles. The first-order valence-electron chi connectivity index (χ1n) is 21.9. The number of hydrogen-bond donors (Lipinski definition) is 4. The molecule has 8 rings (SSSR count). The summed E-state index contributed by atoms with van der Waals surface area (Å²) in [6, 6.07) is 3.35. The van der Waals surface area contributed by atoms with Crippen molar-refractivity contribution in [2.75, 3.05) is 51.3 Å². The topological polar surface area (TPSA) is 207 Å². The molecule has 1 unspecified atom stereocenters. The second kappa shape index (κ2) is 17.8. The fraction of sp³-hybridized carbons (Fsp3) is 0.600. The minimum Gasteiger partial charge on any atom is -0.491 e. The molecule has 8 atom stereocenters. The number of ether oxygens (including phenoxy) is 4. The Morgan fingerprint density at radius 2 is 1.79 bits per heavy atom. The van der Waals surface area contributed by atoms with Crippen LogP contribution in [0.25, 0.3) is 22.3 Å². The number of carboxylic acids is 1. The molecule has 1 aromatic carbocycles. The number of carbonyl (C=O) groups excluding carboxylic acids is 3. The summed E-state index contributed by atoms with van der Waals surface area (Å²) in [4.78, 5) is 68.0. The first-order valence-corrected chi connectivity index (χ1v) is 22.3. The van der Waals surface area contributed by atoms with Gasteiger partial charge in [-0.25, -0.2) is 14.6 Å². The van der Waals surface area contributed by atoms with Crippen LogP contribution in [0.4, 0.5) is 10.8 Å². The van der Waals surface area contributed by atoms with Gasteiger partial charge in [0.15, 0.2) is 0 Å². The molecule has 5 fully saturated rings. The lowest BCUT2D eigenvalue weighted by Crippen LogP contribution is -2.59. The largest absolute Gasteiger partial charge is 0.491 e. The van der Waals surface area contributed by atoms with Gasteiger partial charge in [-0.3, -0.25) is 14.5 Å². The Bertz CT molecular complexity index is 2230. The average molecular weight is 892 g/mol. The summed E-state index contributed by atoms with van der Waals surface area (Å²) in [5.74, 6) is -0.911. The number of alkyl carbamates (subject to hydrolysis) is 1. The minimum absolute atomic E-state index is 0.000220. The molecular formula is C45H58ClN7O10. The van der Waals surface area contributed by atoms with Gasteiger partial charge in [0, 0.05) is 49.5 Å². The lowest BCUT2D eigenvalue weighted by molar-refractivity contribution is -0.146. The number of nitrogens with one attached hydrogen (secondary N) is 3. The molecule has 0 radical (unpaired) electrons. The molecule has 4 N–H and O–H groups in total. The first-order chi connectivity index (χ1) is 30.0. The number of oxazole rings is 1. The van der Waals surface area contributed by atoms with E-state index in [1.165, 1.54) is 17.2 Å². The summed E-state index contributed by atoms with van der Waals surface area (Å²) in [5.41, 5.74) is -1.20. The number of aliphatic carboxylic acids is 1. The van der Waals surface area contributed by atoms with E-state index < -0.39 is 58.9 Å². The van der Waals surface area contributed by atoms with Crippen LogP contribution in [0, 0.1) is 23.2 Å². The third-order valence-corrected chi connectivity index (χ3v) is 13.2. The fourth-order valence-electron chi connectivity index (χ4n) is 9.11. The molecule has 18 heteroatoms. The van der Waals surface area contributed by atoms with Crippen LogP contribution in [0.15, 0.2) is 41.5 Å². The molecule has 3 saturated carbocycles. The number of halogens is 1. The van der Waals surface area contributed by atoms with Gasteiger partial charge in [0.05, 0.1) is 31.0 Å². The second-order valence-electron chi connectivity index (χ2n) is 18.9. The van der Waals surface area contributed by atoms with Crippen LogP contribution in [0.3, 0.4) is 0 Å². The Labute approximate surface area is 371 Å². The smallest absolute Gasteiger partial charge is 0.408 e. The summed E-state index contributed by atoms with van der Waals surface area (Å²) in [6.45, 7) is 17.1. The number of fused-ring (bicyclic) bond motifs is 2. The van der Waals surface area contributed by atoms with E-state index in [0.29, 0.717) is 78.0 Å². The van der Waals surface area contributed by atoms with Crippen LogP contribution in [-0.4, -0.2) is 131 Å². The van der Waals surface area contributed by atoms with Crippen LogP contribution in [0.1, 0.15) is 66.7 Å². The summed E-state index contributed by atoms with van der Waals surface area (Å²) in [6.07, 6.45) is 4.24. The molecule has 63 heavy (non-hydrogen) atoms. The third kappa shape index (κ3) is 9.70. The van der Waals surface area contributed by atoms with Gasteiger partial charge < -0.3 is 49.3 Å². The number of pyridine rings is 1. The van der Waals surface area contributed by atoms with E-state index >= 15 is 0 Å². The van der Waals surface area contributed by atoms with Crippen LogP contribution < -0.4 is 25.4 Å². The number of carbonyl (C=O) groups is 4. The van der Waals surface area contributed by atoms with E-state index in [9.17, 15) is 24.3 Å². The van der Waals surface area contributed by atoms with Crippen molar-refractivity contribution in [2.45, 2.75) is 103 Å². The molecule has 17 nitrogen and oxygen atoms in total. The highest BCUT2D eigenvalue weighted by Crippen LogP contribution is 2.52. The number of rotatable bonds is 16. The minimum atomic E-state index is -1.55. The fourth-order valence-corrected chi connectivity index (χ4v) is 9.37. The summed E-state index contributed by atoms with van der Waals surface area (Å²) < 4.78 is 29.9. The molecular weight excluding hydrogens is 834 g/mol. The molecule has 3 aromatic rings. The van der Waals surface area contributed by atoms with E-state index in [4.69, 9.17) is 39.9 Å². The average Bonchev–Trinajstić information content (AvgIpc) is 3.91. The standard InChI is InChI=1S/C45H58ClN7O10/c1-7-27-21-45(27,41(56)57)51-39(54)33-19-29(22-53(33)40(55)38(44(4,5)6)50-43(58)63-28-17-25-16-26(25)18-28)62-35-20-31(32-23-61-42(49-32)47-24(2)3)48-37-30(35)8-9-34(36(37)46)60-15-12-52-10-13-59-14-11-52/h7-9,20,23-29,33,38H,1,10-19,21-22H2,2-6H3,(H,47,49)(H,50,58)(H,51,54)(H,56,57)/t25-,26+,27-,28?,29-,33+,38-,45-/m1/s1. The lowest BCUT2D eigenvalue weighted by atomic mass is 9.85. The zero-order chi connectivity index (χ0) is 44.8. The number of anilines is 1. The molecule has 2 aliphatic heterocycles. The Hall–Kier alpha value is -5.13. The zero-order valence-electron chi connectivity index (χ0n) is 36.5. The van der Waals surface area contributed by atoms with Gasteiger partial charge in [0.25, 0.3) is 6.01 Å². The van der Waals surface area contributed by atoms with Crippen molar-refractivity contribution < 1.29 is 47.6 Å². The maximum atomic E-state index is 14.8. The predicted octanol–water partition coefficient (Wildman–Crippen LogP) is 5.51. The van der Waals surface area contributed by atoms with E-state index in [0.717, 1.165) is 32.4 Å². The Kier molecular flexibility index (Phi) is 12.6. The highest BCUT2D eigenvalue weighted by Gasteiger charge is 2.61. The Balaban J connectivity index is 1.09. The first kappa shape index (κ1) is 44.5. The number of amides is 3. The second-order valence-corrected chi connectivity index (χ2v) is 19.3. The maximum absolute atomic E-state index is 14.8.